The Kier molecular flexibility index (Phi) is 12.2. The maximum Gasteiger partial charge on any atom is 0.410 e. The van der Waals surface area contributed by atoms with Gasteiger partial charge in [0.25, 0.3) is 5.91 Å². The Balaban J connectivity index is 1.33. The van der Waals surface area contributed by atoms with Crippen molar-refractivity contribution < 1.29 is 28.0 Å². The lowest BCUT2D eigenvalue weighted by Crippen LogP contribution is -2.55. The van der Waals surface area contributed by atoms with Crippen LogP contribution in [0.4, 0.5) is 43.7 Å². The molecule has 52 heavy (non-hydrogen) atoms. The van der Waals surface area contributed by atoms with E-state index in [1.807, 2.05) is 45.0 Å². The highest BCUT2D eigenvalue weighted by Gasteiger charge is 2.32. The normalized spacial score (nSPS) is 15.9. The van der Waals surface area contributed by atoms with Crippen molar-refractivity contribution in [2.75, 3.05) is 80.6 Å². The van der Waals surface area contributed by atoms with Gasteiger partial charge in [0.15, 0.2) is 5.83 Å². The Labute approximate surface area is 312 Å². The number of anilines is 6. The molecule has 3 heterocycles. The van der Waals surface area contributed by atoms with Crippen molar-refractivity contribution in [2.45, 2.75) is 45.3 Å². The van der Waals surface area contributed by atoms with E-state index in [0.717, 1.165) is 25.9 Å². The number of amides is 2. The van der Waals surface area contributed by atoms with Gasteiger partial charge in [0.05, 0.1) is 34.3 Å². The maximum absolute atomic E-state index is 14.0. The molecule has 2 saturated heterocycles. The van der Waals surface area contributed by atoms with Gasteiger partial charge < -0.3 is 39.8 Å². The molecule has 0 bridgehead atoms. The molecular formula is C36H47BrFN8O5P. The Morgan fingerprint density at radius 3 is 2.29 bits per heavy atom. The number of hydrogen-bond acceptors (Lipinski definition) is 11. The molecule has 0 spiro atoms. The molecule has 2 fully saturated rings. The smallest absolute Gasteiger partial charge is 0.410 e. The average Bonchev–Trinajstić information content (AvgIpc) is 3.09. The molecule has 2 aromatic carbocycles. The minimum atomic E-state index is -2.59. The summed E-state index contributed by atoms with van der Waals surface area (Å²) < 4.78 is 38.8. The second kappa shape index (κ2) is 16.2. The van der Waals surface area contributed by atoms with Crippen molar-refractivity contribution in [1.29, 1.82) is 0 Å². The molecule has 1 aromatic heterocycles. The van der Waals surface area contributed by atoms with Gasteiger partial charge in [-0.1, -0.05) is 18.7 Å². The minimum Gasteiger partial charge on any atom is -0.494 e. The summed E-state index contributed by atoms with van der Waals surface area (Å²) in [5.74, 6) is -0.965. The Hall–Kier alpha value is -4.20. The van der Waals surface area contributed by atoms with Crippen molar-refractivity contribution in [2.24, 2.45) is 0 Å². The summed E-state index contributed by atoms with van der Waals surface area (Å²) in [7, 11) is -1.06. The van der Waals surface area contributed by atoms with E-state index in [4.69, 9.17) is 9.47 Å². The number of ether oxygens (including phenoxy) is 2. The molecule has 3 aromatic rings. The minimum absolute atomic E-state index is 0.213. The van der Waals surface area contributed by atoms with Crippen LogP contribution in [-0.4, -0.2) is 103 Å². The molecule has 0 atom stereocenters. The van der Waals surface area contributed by atoms with Gasteiger partial charge in [0.1, 0.15) is 24.3 Å². The van der Waals surface area contributed by atoms with Gasteiger partial charge in [-0.2, -0.15) is 4.98 Å². The second-order valence-electron chi connectivity index (χ2n) is 14.2. The Bertz CT molecular complexity index is 1850. The van der Waals surface area contributed by atoms with Gasteiger partial charge in [-0.25, -0.2) is 14.2 Å². The highest BCUT2D eigenvalue weighted by molar-refractivity contribution is 9.10. The molecule has 0 saturated carbocycles. The summed E-state index contributed by atoms with van der Waals surface area (Å²) in [6.07, 6.45) is 3.01. The fourth-order valence-corrected chi connectivity index (χ4v) is 7.71. The van der Waals surface area contributed by atoms with Crippen LogP contribution in [0, 0.1) is 0 Å². The number of piperazine rings is 1. The van der Waals surface area contributed by atoms with Crippen LogP contribution in [-0.2, 0) is 14.1 Å². The summed E-state index contributed by atoms with van der Waals surface area (Å²) >= 11 is 3.50. The van der Waals surface area contributed by atoms with Gasteiger partial charge in [-0.3, -0.25) is 9.69 Å². The first-order chi connectivity index (χ1) is 24.5. The fourth-order valence-electron chi connectivity index (χ4n) is 6.27. The van der Waals surface area contributed by atoms with Crippen LogP contribution >= 0.6 is 23.1 Å². The number of aromatic nitrogens is 2. The van der Waals surface area contributed by atoms with E-state index >= 15 is 0 Å². The standard InChI is InChI=1S/C36H47BrFN8O5P/c1-23(38)33(47)41-27-20-28(42-34-39-22-25(37)32(43-34)40-26-10-8-9-11-31(26)52(6,7)49)30(50-5)21-29(27)45-14-12-24(13-15-45)44-16-18-46(19-17-44)35(48)51-36(2,3)4/h8-11,20-22,24H,1,12-19H2,2-7H3,(H,41,47)(H2,39,40,42,43). The summed E-state index contributed by atoms with van der Waals surface area (Å²) in [4.78, 5) is 40.5. The largest absolute Gasteiger partial charge is 0.494 e. The summed E-state index contributed by atoms with van der Waals surface area (Å²) in [5, 5.41) is 9.79. The Morgan fingerprint density at radius 2 is 1.67 bits per heavy atom. The molecule has 2 amide bonds. The lowest BCUT2D eigenvalue weighted by molar-refractivity contribution is -0.114. The number of halogens is 2. The number of para-hydroxylation sites is 1. The highest BCUT2D eigenvalue weighted by atomic mass is 79.9. The first-order valence-corrected chi connectivity index (χ1v) is 20.5. The number of methoxy groups -OCH3 is 1. The molecule has 5 rings (SSSR count). The van der Waals surface area contributed by atoms with Crippen LogP contribution in [0.2, 0.25) is 0 Å². The van der Waals surface area contributed by atoms with Gasteiger partial charge in [-0.05, 0) is 81.1 Å². The van der Waals surface area contributed by atoms with Crippen LogP contribution < -0.4 is 30.9 Å². The van der Waals surface area contributed by atoms with Gasteiger partial charge in [-0.15, -0.1) is 0 Å². The van der Waals surface area contributed by atoms with Crippen LogP contribution in [0.15, 0.2) is 59.5 Å². The SMILES string of the molecule is C=C(F)C(=O)Nc1cc(Nc2ncc(Br)c(Nc3ccccc3P(C)(C)=O)n2)c(OC)cc1N1CCC(N2CCN(C(=O)OC(C)(C)C)CC2)CC1. The number of benzene rings is 2. The molecule has 280 valence electrons. The van der Waals surface area contributed by atoms with Crippen LogP contribution in [0.3, 0.4) is 0 Å². The zero-order valence-electron chi connectivity index (χ0n) is 30.5. The van der Waals surface area contributed by atoms with Crippen LogP contribution in [0.5, 0.6) is 5.75 Å². The van der Waals surface area contributed by atoms with Crippen molar-refractivity contribution in [1.82, 2.24) is 19.8 Å². The molecule has 0 radical (unpaired) electrons. The molecule has 0 unspecified atom stereocenters. The maximum atomic E-state index is 14.0. The average molecular weight is 802 g/mol. The first kappa shape index (κ1) is 39.0. The molecule has 3 N–H and O–H groups in total. The van der Waals surface area contributed by atoms with E-state index in [9.17, 15) is 18.5 Å². The summed E-state index contributed by atoms with van der Waals surface area (Å²) in [5.41, 5.74) is 1.59. The van der Waals surface area contributed by atoms with Gasteiger partial charge in [0.2, 0.25) is 5.95 Å². The topological polar surface area (TPSA) is 141 Å². The predicted octanol–water partition coefficient (Wildman–Crippen LogP) is 6.93. The molecule has 13 nitrogen and oxygen atoms in total. The van der Waals surface area contributed by atoms with E-state index in [0.29, 0.717) is 76.3 Å². The number of carbonyl (C=O) groups excluding carboxylic acids is 2. The third kappa shape index (κ3) is 9.81. The van der Waals surface area contributed by atoms with Crippen LogP contribution in [0.25, 0.3) is 0 Å². The molecular weight excluding hydrogens is 754 g/mol. The zero-order valence-corrected chi connectivity index (χ0v) is 32.9. The van der Waals surface area contributed by atoms with Crippen molar-refractivity contribution in [3.63, 3.8) is 0 Å². The van der Waals surface area contributed by atoms with Crippen molar-refractivity contribution in [3.8, 4) is 5.75 Å². The number of hydrogen-bond donors (Lipinski definition) is 3. The summed E-state index contributed by atoms with van der Waals surface area (Å²) in [6.45, 7) is 16.3. The van der Waals surface area contributed by atoms with Gasteiger partial charge in [0, 0.05) is 62.9 Å². The lowest BCUT2D eigenvalue weighted by atomic mass is 10.0. The van der Waals surface area contributed by atoms with E-state index < -0.39 is 24.5 Å². The van der Waals surface area contributed by atoms with E-state index in [1.165, 1.54) is 7.11 Å². The van der Waals surface area contributed by atoms with Gasteiger partial charge >= 0.3 is 6.09 Å². The number of rotatable bonds is 10. The number of piperidine rings is 1. The number of nitrogens with zero attached hydrogens (tertiary/aromatic N) is 5. The second-order valence-corrected chi connectivity index (χ2v) is 18.2. The quantitative estimate of drug-likeness (QED) is 0.145. The molecule has 0 aliphatic carbocycles. The van der Waals surface area contributed by atoms with Crippen molar-refractivity contribution in [3.05, 3.63) is 59.5 Å². The predicted molar refractivity (Wildman–Crippen MR) is 208 cm³/mol. The van der Waals surface area contributed by atoms with Crippen molar-refractivity contribution >= 4 is 74.9 Å². The molecule has 16 heteroatoms. The third-order valence-electron chi connectivity index (χ3n) is 8.83. The third-order valence-corrected chi connectivity index (χ3v) is 11.0. The van der Waals surface area contributed by atoms with E-state index in [-0.39, 0.29) is 12.0 Å². The zero-order chi connectivity index (χ0) is 37.8. The molecule has 2 aliphatic rings. The highest BCUT2D eigenvalue weighted by Crippen LogP contribution is 2.41. The van der Waals surface area contributed by atoms with Crippen LogP contribution in [0.1, 0.15) is 33.6 Å². The Morgan fingerprint density at radius 1 is 1.00 bits per heavy atom. The van der Waals surface area contributed by atoms with E-state index in [1.54, 1.807) is 36.6 Å². The number of carbonyl (C=O) groups is 2. The van der Waals surface area contributed by atoms with E-state index in [2.05, 4.69) is 58.2 Å². The number of nitrogens with one attached hydrogen (secondary N) is 3. The lowest BCUT2D eigenvalue weighted by Gasteiger charge is -2.43. The monoisotopic (exact) mass is 800 g/mol. The summed E-state index contributed by atoms with van der Waals surface area (Å²) in [6, 6.07) is 11.1. The first-order valence-electron chi connectivity index (χ1n) is 17.1. The fraction of sp³-hybridized carbons (Fsp3) is 0.444. The molecule has 2 aliphatic heterocycles.